The number of hydrogen-bond acceptors (Lipinski definition) is 3. The number of rotatable bonds is 4. The first-order chi connectivity index (χ1) is 16.4. The molecule has 5 rings (SSSR count). The third-order valence-electron chi connectivity index (χ3n) is 6.97. The minimum Gasteiger partial charge on any atom is -0.337 e. The summed E-state index contributed by atoms with van der Waals surface area (Å²) in [6.45, 7) is 4.02. The Labute approximate surface area is 208 Å². The van der Waals surface area contributed by atoms with E-state index in [1.807, 2.05) is 40.7 Å². The van der Waals surface area contributed by atoms with E-state index in [2.05, 4.69) is 10.3 Å². The maximum absolute atomic E-state index is 15.1. The number of carbonyl (C=O) groups excluding carboxylic acids is 1. The Bertz CT molecular complexity index is 1270. The monoisotopic (exact) mass is 500 g/mol. The average molecular weight is 501 g/mol. The second-order valence-corrected chi connectivity index (χ2v) is 9.92. The Hall–Kier alpha value is -2.41. The molecule has 1 saturated heterocycles. The second kappa shape index (κ2) is 9.68. The number of nitrogens with one attached hydrogen (secondary N) is 1. The van der Waals surface area contributed by atoms with Crippen LogP contribution in [-0.4, -0.2) is 46.0 Å². The molecule has 0 aliphatic carbocycles. The van der Waals surface area contributed by atoms with Crippen molar-refractivity contribution in [1.29, 1.82) is 0 Å². The van der Waals surface area contributed by atoms with Crippen LogP contribution in [0.5, 0.6) is 0 Å². The van der Waals surface area contributed by atoms with Crippen molar-refractivity contribution in [3.05, 3.63) is 69.7 Å². The number of piperidine rings is 1. The molecule has 1 fully saturated rings. The fraction of sp³-hybridized carbons (Fsp3) is 0.385. The first kappa shape index (κ1) is 23.3. The van der Waals surface area contributed by atoms with Gasteiger partial charge in [-0.3, -0.25) is 4.79 Å². The smallest absolute Gasteiger partial charge is 0.239 e. The number of benzene rings is 2. The third-order valence-corrected chi connectivity index (χ3v) is 7.53. The number of fused-ring (bicyclic) bond motifs is 1. The molecular weight excluding hydrogens is 474 g/mol. The molecule has 3 aromatic rings. The molecular formula is C26H27Cl2FN4O. The fourth-order valence-electron chi connectivity index (χ4n) is 4.99. The van der Waals surface area contributed by atoms with E-state index in [-0.39, 0.29) is 23.8 Å². The standard InChI is InChI=1S/C26H27Cl2FN4O/c1-16(19-6-5-18(27)12-21(19)28)33-15-31-24-14-22(29)20(13-25(24)33)17-7-10-32(11-8-17)26(34)23-4-2-3-9-30-23/h5-7,12-16,23,30H,2-4,8-11H2,1H3/t16?,23-/m1/s1. The molecule has 0 saturated carbocycles. The van der Waals surface area contributed by atoms with Crippen molar-refractivity contribution in [3.63, 3.8) is 0 Å². The van der Waals surface area contributed by atoms with Crippen LogP contribution in [0, 0.1) is 5.82 Å². The third kappa shape index (κ3) is 4.47. The van der Waals surface area contributed by atoms with E-state index in [1.54, 1.807) is 12.4 Å². The molecule has 3 heterocycles. The van der Waals surface area contributed by atoms with Gasteiger partial charge in [0.2, 0.25) is 5.91 Å². The van der Waals surface area contributed by atoms with Crippen molar-refractivity contribution in [2.45, 2.75) is 44.7 Å². The first-order valence-corrected chi connectivity index (χ1v) is 12.5. The van der Waals surface area contributed by atoms with Crippen molar-refractivity contribution >= 4 is 45.7 Å². The summed E-state index contributed by atoms with van der Waals surface area (Å²) >= 11 is 12.5. The molecule has 2 aliphatic heterocycles. The molecule has 34 heavy (non-hydrogen) atoms. The minimum absolute atomic E-state index is 0.0904. The molecule has 0 radical (unpaired) electrons. The zero-order valence-corrected chi connectivity index (χ0v) is 20.5. The molecule has 2 aliphatic rings. The van der Waals surface area contributed by atoms with Gasteiger partial charge in [-0.15, -0.1) is 0 Å². The zero-order chi connectivity index (χ0) is 23.8. The molecule has 5 nitrogen and oxygen atoms in total. The Morgan fingerprint density at radius 3 is 2.79 bits per heavy atom. The zero-order valence-electron chi connectivity index (χ0n) is 19.0. The van der Waals surface area contributed by atoms with E-state index in [0.717, 1.165) is 42.5 Å². The average Bonchev–Trinajstić information content (AvgIpc) is 3.26. The van der Waals surface area contributed by atoms with Gasteiger partial charge in [0.1, 0.15) is 5.82 Å². The number of aromatic nitrogens is 2. The van der Waals surface area contributed by atoms with Crippen LogP contribution in [-0.2, 0) is 4.79 Å². The quantitative estimate of drug-likeness (QED) is 0.488. The SMILES string of the molecule is CC(c1ccc(Cl)cc1Cl)n1cnc2cc(F)c(C3=CCN(C(=O)[C@H]4CCCCN4)CC3)cc21. The van der Waals surface area contributed by atoms with Crippen molar-refractivity contribution < 1.29 is 9.18 Å². The predicted molar refractivity (Wildman–Crippen MR) is 135 cm³/mol. The molecule has 0 bridgehead atoms. The van der Waals surface area contributed by atoms with E-state index < -0.39 is 0 Å². The van der Waals surface area contributed by atoms with Gasteiger partial charge in [-0.1, -0.05) is 41.8 Å². The number of amides is 1. The van der Waals surface area contributed by atoms with Crippen molar-refractivity contribution in [1.82, 2.24) is 19.8 Å². The Balaban J connectivity index is 1.41. The van der Waals surface area contributed by atoms with Crippen LogP contribution in [0.1, 0.15) is 49.8 Å². The Kier molecular flexibility index (Phi) is 6.65. The van der Waals surface area contributed by atoms with Gasteiger partial charge in [-0.2, -0.15) is 0 Å². The first-order valence-electron chi connectivity index (χ1n) is 11.7. The van der Waals surface area contributed by atoms with Gasteiger partial charge in [0.25, 0.3) is 0 Å². The lowest BCUT2D eigenvalue weighted by Crippen LogP contribution is -2.49. The van der Waals surface area contributed by atoms with Crippen LogP contribution in [0.4, 0.5) is 4.39 Å². The summed E-state index contributed by atoms with van der Waals surface area (Å²) < 4.78 is 17.1. The van der Waals surface area contributed by atoms with Gasteiger partial charge < -0.3 is 14.8 Å². The van der Waals surface area contributed by atoms with Crippen molar-refractivity contribution in [2.24, 2.45) is 0 Å². The highest BCUT2D eigenvalue weighted by atomic mass is 35.5. The van der Waals surface area contributed by atoms with Crippen LogP contribution in [0.25, 0.3) is 16.6 Å². The molecule has 0 spiro atoms. The minimum atomic E-state index is -0.296. The van der Waals surface area contributed by atoms with E-state index in [1.165, 1.54) is 6.07 Å². The van der Waals surface area contributed by atoms with E-state index in [4.69, 9.17) is 23.2 Å². The summed E-state index contributed by atoms with van der Waals surface area (Å²) in [6, 6.07) is 8.60. The molecule has 1 amide bonds. The van der Waals surface area contributed by atoms with Crippen LogP contribution < -0.4 is 5.32 Å². The van der Waals surface area contributed by atoms with Gasteiger partial charge >= 0.3 is 0 Å². The molecule has 8 heteroatoms. The highest BCUT2D eigenvalue weighted by Crippen LogP contribution is 2.33. The van der Waals surface area contributed by atoms with Gasteiger partial charge in [0.05, 0.1) is 29.4 Å². The van der Waals surface area contributed by atoms with Crippen LogP contribution in [0.3, 0.4) is 0 Å². The number of halogens is 3. The van der Waals surface area contributed by atoms with Crippen molar-refractivity contribution in [3.8, 4) is 0 Å². The van der Waals surface area contributed by atoms with Gasteiger partial charge in [0, 0.05) is 34.8 Å². The molecule has 1 N–H and O–H groups in total. The highest BCUT2D eigenvalue weighted by Gasteiger charge is 2.27. The van der Waals surface area contributed by atoms with E-state index in [0.29, 0.717) is 40.6 Å². The number of hydrogen-bond donors (Lipinski definition) is 1. The molecule has 1 unspecified atom stereocenters. The highest BCUT2D eigenvalue weighted by molar-refractivity contribution is 6.35. The van der Waals surface area contributed by atoms with Crippen LogP contribution in [0.2, 0.25) is 10.0 Å². The summed E-state index contributed by atoms with van der Waals surface area (Å²) in [7, 11) is 0. The lowest BCUT2D eigenvalue weighted by Gasteiger charge is -2.32. The number of imidazole rings is 1. The maximum Gasteiger partial charge on any atom is 0.239 e. The summed E-state index contributed by atoms with van der Waals surface area (Å²) in [5.41, 5.74) is 3.82. The molecule has 1 aromatic heterocycles. The topological polar surface area (TPSA) is 50.2 Å². The van der Waals surface area contributed by atoms with Crippen LogP contribution in [0.15, 0.2) is 42.7 Å². The maximum atomic E-state index is 15.1. The van der Waals surface area contributed by atoms with E-state index in [9.17, 15) is 4.79 Å². The Morgan fingerprint density at radius 2 is 2.09 bits per heavy atom. The summed E-state index contributed by atoms with van der Waals surface area (Å²) in [5, 5.41) is 4.48. The van der Waals surface area contributed by atoms with E-state index >= 15 is 4.39 Å². The van der Waals surface area contributed by atoms with Gasteiger partial charge in [-0.05, 0) is 62.1 Å². The number of carbonyl (C=O) groups is 1. The molecule has 178 valence electrons. The van der Waals surface area contributed by atoms with Crippen LogP contribution >= 0.6 is 23.2 Å². The normalized spacial score (nSPS) is 19.8. The second-order valence-electron chi connectivity index (χ2n) is 9.08. The lowest BCUT2D eigenvalue weighted by molar-refractivity contribution is -0.133. The summed E-state index contributed by atoms with van der Waals surface area (Å²) in [4.78, 5) is 19.1. The summed E-state index contributed by atoms with van der Waals surface area (Å²) in [5.74, 6) is -0.146. The summed E-state index contributed by atoms with van der Waals surface area (Å²) in [6.07, 6.45) is 7.40. The largest absolute Gasteiger partial charge is 0.337 e. The number of nitrogens with zero attached hydrogens (tertiary/aromatic N) is 3. The van der Waals surface area contributed by atoms with Gasteiger partial charge in [-0.25, -0.2) is 9.37 Å². The fourth-order valence-corrected chi connectivity index (χ4v) is 5.56. The molecule has 2 atom stereocenters. The Morgan fingerprint density at radius 1 is 1.24 bits per heavy atom. The lowest BCUT2D eigenvalue weighted by atomic mass is 9.97. The van der Waals surface area contributed by atoms with Crippen molar-refractivity contribution in [2.75, 3.05) is 19.6 Å². The molecule has 2 aromatic carbocycles. The van der Waals surface area contributed by atoms with Gasteiger partial charge in [0.15, 0.2) is 0 Å². The predicted octanol–water partition coefficient (Wildman–Crippen LogP) is 5.85.